The van der Waals surface area contributed by atoms with E-state index >= 15 is 0 Å². The highest BCUT2D eigenvalue weighted by Gasteiger charge is 2.00. The van der Waals surface area contributed by atoms with Crippen LogP contribution in [0.2, 0.25) is 0 Å². The van der Waals surface area contributed by atoms with Crippen molar-refractivity contribution in [2.45, 2.75) is 0 Å². The molecular weight excluding hydrogens is 194 g/mol. The number of rotatable bonds is 6. The van der Waals surface area contributed by atoms with Crippen LogP contribution in [0.1, 0.15) is 0 Å². The molecule has 0 saturated heterocycles. The first-order chi connectivity index (χ1) is 7.30. The van der Waals surface area contributed by atoms with Crippen molar-refractivity contribution < 1.29 is 14.3 Å². The number of anilines is 1. The molecule has 0 unspecified atom stereocenters. The van der Waals surface area contributed by atoms with Crippen LogP contribution in [0, 0.1) is 0 Å². The fourth-order valence-electron chi connectivity index (χ4n) is 1.05. The van der Waals surface area contributed by atoms with Gasteiger partial charge in [0, 0.05) is 18.2 Å². The Hall–Kier alpha value is -1.68. The molecule has 0 aromatic heterocycles. The van der Waals surface area contributed by atoms with Crippen LogP contribution in [0.5, 0.6) is 11.5 Å². The Morgan fingerprint density at radius 1 is 1.20 bits per heavy atom. The summed E-state index contributed by atoms with van der Waals surface area (Å²) in [5.74, 6) is 1.41. The molecule has 15 heavy (non-hydrogen) atoms. The Balaban J connectivity index is 2.72. The van der Waals surface area contributed by atoms with Crippen molar-refractivity contribution in [1.82, 2.24) is 0 Å². The van der Waals surface area contributed by atoms with E-state index in [2.05, 4.69) is 12.1 Å². The van der Waals surface area contributed by atoms with E-state index in [4.69, 9.17) is 14.3 Å². The zero-order chi connectivity index (χ0) is 11.1. The summed E-state index contributed by atoms with van der Waals surface area (Å²) in [6, 6.07) is 5.41. The molecule has 0 saturated carbocycles. The molecule has 0 aliphatic heterocycles. The molecular formula is C11H15NO3. The van der Waals surface area contributed by atoms with E-state index in [1.807, 2.05) is 12.1 Å². The second-order valence-corrected chi connectivity index (χ2v) is 2.80. The standard InChI is InChI=1S/C11H15NO3/c1-4-5-15-12-9-6-10(13-2)8-11(7-9)14-3/h4,6-8,12H,1,5H2,2-3H3. The normalized spacial score (nSPS) is 9.47. The van der Waals surface area contributed by atoms with Crippen LogP contribution in [-0.4, -0.2) is 20.8 Å². The summed E-state index contributed by atoms with van der Waals surface area (Å²) >= 11 is 0. The maximum absolute atomic E-state index is 5.11. The number of ether oxygens (including phenoxy) is 2. The van der Waals surface area contributed by atoms with Crippen LogP contribution in [0.3, 0.4) is 0 Å². The van der Waals surface area contributed by atoms with E-state index in [1.165, 1.54) is 0 Å². The minimum absolute atomic E-state index is 0.430. The third-order valence-electron chi connectivity index (χ3n) is 1.74. The fourth-order valence-corrected chi connectivity index (χ4v) is 1.05. The minimum Gasteiger partial charge on any atom is -0.497 e. The van der Waals surface area contributed by atoms with Crippen LogP contribution >= 0.6 is 0 Å². The zero-order valence-corrected chi connectivity index (χ0v) is 8.95. The quantitative estimate of drug-likeness (QED) is 0.443. The van der Waals surface area contributed by atoms with Crippen LogP contribution < -0.4 is 15.0 Å². The van der Waals surface area contributed by atoms with Gasteiger partial charge in [0.05, 0.1) is 26.5 Å². The first-order valence-corrected chi connectivity index (χ1v) is 4.52. The van der Waals surface area contributed by atoms with Gasteiger partial charge in [-0.2, -0.15) is 0 Å². The van der Waals surface area contributed by atoms with Crippen molar-refractivity contribution in [2.75, 3.05) is 26.3 Å². The molecule has 0 fully saturated rings. The van der Waals surface area contributed by atoms with Gasteiger partial charge < -0.3 is 9.47 Å². The summed E-state index contributed by atoms with van der Waals surface area (Å²) in [5, 5.41) is 0. The monoisotopic (exact) mass is 209 g/mol. The van der Waals surface area contributed by atoms with Gasteiger partial charge in [0.25, 0.3) is 0 Å². The largest absolute Gasteiger partial charge is 0.497 e. The SMILES string of the molecule is C=CCONc1cc(OC)cc(OC)c1. The van der Waals surface area contributed by atoms with Crippen molar-refractivity contribution in [3.05, 3.63) is 30.9 Å². The van der Waals surface area contributed by atoms with Gasteiger partial charge in [-0.1, -0.05) is 6.08 Å². The molecule has 1 N–H and O–H groups in total. The number of methoxy groups -OCH3 is 2. The molecule has 0 aliphatic rings. The highest BCUT2D eigenvalue weighted by molar-refractivity contribution is 5.52. The topological polar surface area (TPSA) is 39.7 Å². The molecule has 82 valence electrons. The molecule has 4 nitrogen and oxygen atoms in total. The fraction of sp³-hybridized carbons (Fsp3) is 0.273. The molecule has 0 bridgehead atoms. The molecule has 0 atom stereocenters. The van der Waals surface area contributed by atoms with E-state index in [1.54, 1.807) is 26.4 Å². The Morgan fingerprint density at radius 3 is 2.27 bits per heavy atom. The van der Waals surface area contributed by atoms with E-state index in [9.17, 15) is 0 Å². The van der Waals surface area contributed by atoms with Crippen molar-refractivity contribution in [3.8, 4) is 11.5 Å². The van der Waals surface area contributed by atoms with Gasteiger partial charge in [-0.15, -0.1) is 6.58 Å². The van der Waals surface area contributed by atoms with E-state index in [0.717, 1.165) is 5.69 Å². The predicted octanol–water partition coefficient (Wildman–Crippen LogP) is 2.23. The zero-order valence-electron chi connectivity index (χ0n) is 8.95. The summed E-state index contributed by atoms with van der Waals surface area (Å²) in [7, 11) is 3.20. The Labute approximate surface area is 89.4 Å². The van der Waals surface area contributed by atoms with Crippen LogP contribution in [0.4, 0.5) is 5.69 Å². The summed E-state index contributed by atoms with van der Waals surface area (Å²) in [5.41, 5.74) is 3.54. The third kappa shape index (κ3) is 3.52. The van der Waals surface area contributed by atoms with Crippen LogP contribution in [0.25, 0.3) is 0 Å². The lowest BCUT2D eigenvalue weighted by molar-refractivity contribution is 0.228. The van der Waals surface area contributed by atoms with Crippen molar-refractivity contribution >= 4 is 5.69 Å². The highest BCUT2D eigenvalue weighted by Crippen LogP contribution is 2.25. The second kappa shape index (κ2) is 5.93. The third-order valence-corrected chi connectivity index (χ3v) is 1.74. The number of benzene rings is 1. The van der Waals surface area contributed by atoms with Gasteiger partial charge in [-0.3, -0.25) is 10.3 Å². The summed E-state index contributed by atoms with van der Waals surface area (Å²) in [6.07, 6.45) is 1.66. The Morgan fingerprint density at radius 2 is 1.80 bits per heavy atom. The average Bonchev–Trinajstić information content (AvgIpc) is 2.29. The summed E-state index contributed by atoms with van der Waals surface area (Å²) in [4.78, 5) is 5.09. The van der Waals surface area contributed by atoms with Gasteiger partial charge in [0.2, 0.25) is 0 Å². The van der Waals surface area contributed by atoms with Crippen molar-refractivity contribution in [1.29, 1.82) is 0 Å². The van der Waals surface area contributed by atoms with Crippen LogP contribution in [-0.2, 0) is 4.84 Å². The molecule has 1 rings (SSSR count). The van der Waals surface area contributed by atoms with Gasteiger partial charge in [0.15, 0.2) is 0 Å². The molecule has 0 aliphatic carbocycles. The van der Waals surface area contributed by atoms with Gasteiger partial charge in [-0.25, -0.2) is 0 Å². The summed E-state index contributed by atoms with van der Waals surface area (Å²) in [6.45, 7) is 3.98. The number of nitrogens with one attached hydrogen (secondary N) is 1. The number of hydrogen-bond acceptors (Lipinski definition) is 4. The Bertz CT molecular complexity index is 303. The lowest BCUT2D eigenvalue weighted by atomic mass is 10.3. The predicted molar refractivity (Wildman–Crippen MR) is 59.3 cm³/mol. The van der Waals surface area contributed by atoms with Crippen molar-refractivity contribution in [3.63, 3.8) is 0 Å². The van der Waals surface area contributed by atoms with Gasteiger partial charge in [0.1, 0.15) is 11.5 Å². The first-order valence-electron chi connectivity index (χ1n) is 4.52. The van der Waals surface area contributed by atoms with Gasteiger partial charge in [-0.05, 0) is 0 Å². The van der Waals surface area contributed by atoms with Gasteiger partial charge >= 0.3 is 0 Å². The van der Waals surface area contributed by atoms with Crippen molar-refractivity contribution in [2.24, 2.45) is 0 Å². The maximum atomic E-state index is 5.11. The molecule has 1 aromatic carbocycles. The first kappa shape index (κ1) is 11.4. The molecule has 0 amide bonds. The average molecular weight is 209 g/mol. The molecule has 4 heteroatoms. The molecule has 0 spiro atoms. The smallest absolute Gasteiger partial charge is 0.124 e. The lowest BCUT2D eigenvalue weighted by Gasteiger charge is -2.09. The molecule has 1 aromatic rings. The summed E-state index contributed by atoms with van der Waals surface area (Å²) < 4.78 is 10.2. The second-order valence-electron chi connectivity index (χ2n) is 2.80. The highest BCUT2D eigenvalue weighted by atomic mass is 16.6. The van der Waals surface area contributed by atoms with Crippen LogP contribution in [0.15, 0.2) is 30.9 Å². The molecule has 0 radical (unpaired) electrons. The molecule has 0 heterocycles. The van der Waals surface area contributed by atoms with E-state index < -0.39 is 0 Å². The minimum atomic E-state index is 0.430. The van der Waals surface area contributed by atoms with E-state index in [-0.39, 0.29) is 0 Å². The number of hydrogen-bond donors (Lipinski definition) is 1. The lowest BCUT2D eigenvalue weighted by Crippen LogP contribution is -2.01. The maximum Gasteiger partial charge on any atom is 0.124 e. The Kier molecular flexibility index (Phi) is 4.50. The van der Waals surface area contributed by atoms with E-state index in [0.29, 0.717) is 18.1 Å².